The number of nitrogen functional groups attached to an aromatic ring is 1. The maximum absolute atomic E-state index is 12.8. The smallest absolute Gasteiger partial charge is 0.398 e. The largest absolute Gasteiger partial charge is 0.514 e. The fourth-order valence-corrected chi connectivity index (χ4v) is 3.83. The molecule has 1 fully saturated rings. The summed E-state index contributed by atoms with van der Waals surface area (Å²) < 4.78 is 12.2. The molecule has 2 aromatic carbocycles. The van der Waals surface area contributed by atoms with Gasteiger partial charge in [-0.1, -0.05) is 37.6 Å². The second kappa shape index (κ2) is 9.24. The lowest BCUT2D eigenvalue weighted by atomic mass is 9.84. The third-order valence-corrected chi connectivity index (χ3v) is 6.67. The van der Waals surface area contributed by atoms with Crippen LogP contribution in [0, 0.1) is 0 Å². The number of carbonyl (C=O) groups excluding carboxylic acids is 1. The Balaban J connectivity index is 1.50. The molecule has 0 spiro atoms. The first-order chi connectivity index (χ1) is 16.1. The van der Waals surface area contributed by atoms with Crippen LogP contribution in [0.5, 0.6) is 0 Å². The molecular weight excluding hydrogens is 425 g/mol. The van der Waals surface area contributed by atoms with Crippen molar-refractivity contribution in [2.45, 2.75) is 58.7 Å². The van der Waals surface area contributed by atoms with Crippen LogP contribution in [-0.2, 0) is 15.7 Å². The van der Waals surface area contributed by atoms with Gasteiger partial charge in [0.2, 0.25) is 0 Å². The third kappa shape index (κ3) is 4.86. The molecule has 0 aliphatic carbocycles. The van der Waals surface area contributed by atoms with E-state index in [-0.39, 0.29) is 5.91 Å². The second-order valence-electron chi connectivity index (χ2n) is 9.76. The van der Waals surface area contributed by atoms with Crippen molar-refractivity contribution in [3.8, 4) is 11.1 Å². The number of pyridine rings is 1. The number of carbonyl (C=O) groups is 1. The van der Waals surface area contributed by atoms with Gasteiger partial charge in [0.15, 0.2) is 0 Å². The molecule has 3 N–H and O–H groups in total. The third-order valence-electron chi connectivity index (χ3n) is 6.67. The van der Waals surface area contributed by atoms with Gasteiger partial charge < -0.3 is 20.4 Å². The van der Waals surface area contributed by atoms with E-state index >= 15 is 0 Å². The van der Waals surface area contributed by atoms with Crippen LogP contribution < -0.4 is 16.6 Å². The SMILES string of the molecule is CCCc1ccc(C(=O)Nc2cc(-c3ccc(B4OC(C)(C)C(C)(C)O4)nc3)ccc2N)cc1. The minimum atomic E-state index is -0.510. The molecule has 1 aliphatic rings. The Morgan fingerprint density at radius 3 is 2.21 bits per heavy atom. The molecule has 0 saturated carbocycles. The molecule has 0 bridgehead atoms. The van der Waals surface area contributed by atoms with Crippen LogP contribution in [0.15, 0.2) is 60.8 Å². The van der Waals surface area contributed by atoms with Gasteiger partial charge in [-0.3, -0.25) is 9.78 Å². The second-order valence-corrected chi connectivity index (χ2v) is 9.76. The summed E-state index contributed by atoms with van der Waals surface area (Å²) in [6.45, 7) is 10.2. The van der Waals surface area contributed by atoms with Crippen LogP contribution >= 0.6 is 0 Å². The van der Waals surface area contributed by atoms with Crippen LogP contribution in [0.2, 0.25) is 0 Å². The molecule has 1 aliphatic heterocycles. The number of rotatable bonds is 6. The highest BCUT2D eigenvalue weighted by atomic mass is 16.7. The molecule has 176 valence electrons. The Kier molecular flexibility index (Phi) is 6.52. The molecule has 7 heteroatoms. The van der Waals surface area contributed by atoms with Gasteiger partial charge in [-0.25, -0.2) is 0 Å². The van der Waals surface area contributed by atoms with Gasteiger partial charge in [0.1, 0.15) is 0 Å². The first kappa shape index (κ1) is 24.0. The van der Waals surface area contributed by atoms with Crippen molar-refractivity contribution < 1.29 is 14.1 Å². The van der Waals surface area contributed by atoms with Crippen molar-refractivity contribution in [2.24, 2.45) is 0 Å². The van der Waals surface area contributed by atoms with Gasteiger partial charge in [0, 0.05) is 17.3 Å². The summed E-state index contributed by atoms with van der Waals surface area (Å²) in [4.78, 5) is 17.4. The van der Waals surface area contributed by atoms with E-state index in [1.807, 2.05) is 76.2 Å². The predicted molar refractivity (Wildman–Crippen MR) is 138 cm³/mol. The van der Waals surface area contributed by atoms with Gasteiger partial charge in [-0.15, -0.1) is 0 Å². The minimum absolute atomic E-state index is 0.193. The Labute approximate surface area is 202 Å². The molecule has 2 heterocycles. The summed E-state index contributed by atoms with van der Waals surface area (Å²) >= 11 is 0. The molecule has 0 atom stereocenters. The quantitative estimate of drug-likeness (QED) is 0.409. The molecule has 6 nitrogen and oxygen atoms in total. The molecule has 1 saturated heterocycles. The highest BCUT2D eigenvalue weighted by Gasteiger charge is 2.52. The van der Waals surface area contributed by atoms with Crippen molar-refractivity contribution in [3.63, 3.8) is 0 Å². The highest BCUT2D eigenvalue weighted by Crippen LogP contribution is 2.36. The fraction of sp³-hybridized carbons (Fsp3) is 0.333. The number of hydrogen-bond donors (Lipinski definition) is 2. The number of nitrogens with zero attached hydrogens (tertiary/aromatic N) is 1. The molecule has 34 heavy (non-hydrogen) atoms. The number of nitrogens with one attached hydrogen (secondary N) is 1. The number of aryl methyl sites for hydroxylation is 1. The van der Waals surface area contributed by atoms with Crippen molar-refractivity contribution in [3.05, 3.63) is 71.9 Å². The number of nitrogens with two attached hydrogens (primary N) is 1. The molecule has 4 rings (SSSR count). The number of amides is 1. The monoisotopic (exact) mass is 457 g/mol. The summed E-state index contributed by atoms with van der Waals surface area (Å²) in [7, 11) is -0.510. The highest BCUT2D eigenvalue weighted by molar-refractivity contribution is 6.61. The zero-order valence-electron chi connectivity index (χ0n) is 20.5. The topological polar surface area (TPSA) is 86.5 Å². The number of anilines is 2. The van der Waals surface area contributed by atoms with Crippen LogP contribution in [0.3, 0.4) is 0 Å². The van der Waals surface area contributed by atoms with E-state index in [1.54, 1.807) is 12.3 Å². The van der Waals surface area contributed by atoms with Crippen molar-refractivity contribution in [2.75, 3.05) is 11.1 Å². The van der Waals surface area contributed by atoms with E-state index in [0.29, 0.717) is 16.9 Å². The average Bonchev–Trinajstić information content (AvgIpc) is 3.03. The van der Waals surface area contributed by atoms with Crippen LogP contribution in [0.25, 0.3) is 11.1 Å². The maximum atomic E-state index is 12.8. The van der Waals surface area contributed by atoms with Crippen LogP contribution in [-0.4, -0.2) is 29.2 Å². The maximum Gasteiger partial charge on any atom is 0.514 e. The van der Waals surface area contributed by atoms with Gasteiger partial charge >= 0.3 is 7.12 Å². The van der Waals surface area contributed by atoms with Gasteiger partial charge in [0.25, 0.3) is 5.91 Å². The molecule has 0 radical (unpaired) electrons. The van der Waals surface area contributed by atoms with E-state index in [4.69, 9.17) is 15.0 Å². The lowest BCUT2D eigenvalue weighted by Crippen LogP contribution is -2.41. The minimum Gasteiger partial charge on any atom is -0.398 e. The van der Waals surface area contributed by atoms with E-state index in [2.05, 4.69) is 17.2 Å². The van der Waals surface area contributed by atoms with Crippen molar-refractivity contribution >= 4 is 30.0 Å². The summed E-state index contributed by atoms with van der Waals surface area (Å²) in [6, 6.07) is 17.1. The van der Waals surface area contributed by atoms with Gasteiger partial charge in [0.05, 0.1) is 28.2 Å². The number of hydrogen-bond acceptors (Lipinski definition) is 5. The fourth-order valence-electron chi connectivity index (χ4n) is 3.83. The van der Waals surface area contributed by atoms with Crippen molar-refractivity contribution in [1.82, 2.24) is 4.98 Å². The first-order valence-electron chi connectivity index (χ1n) is 11.7. The van der Waals surface area contributed by atoms with Crippen LogP contribution in [0.4, 0.5) is 11.4 Å². The molecule has 1 amide bonds. The molecular formula is C27H32BN3O3. The lowest BCUT2D eigenvalue weighted by molar-refractivity contribution is 0.00578. The summed E-state index contributed by atoms with van der Waals surface area (Å²) in [6.07, 6.45) is 3.85. The summed E-state index contributed by atoms with van der Waals surface area (Å²) in [5.74, 6) is -0.193. The van der Waals surface area contributed by atoms with Gasteiger partial charge in [-0.2, -0.15) is 0 Å². The van der Waals surface area contributed by atoms with Crippen LogP contribution in [0.1, 0.15) is 57.0 Å². The van der Waals surface area contributed by atoms with E-state index in [9.17, 15) is 4.79 Å². The summed E-state index contributed by atoms with van der Waals surface area (Å²) in [5, 5.41) is 2.94. The normalized spacial score (nSPS) is 16.4. The average molecular weight is 457 g/mol. The number of aromatic nitrogens is 1. The van der Waals surface area contributed by atoms with E-state index < -0.39 is 18.3 Å². The van der Waals surface area contributed by atoms with E-state index in [1.165, 1.54) is 5.56 Å². The Bertz CT molecular complexity index is 1160. The standard InChI is InChI=1S/C27H32BN3O3/c1-6-7-18-8-10-19(11-9-18)25(32)31-23-16-20(12-14-22(23)29)21-13-15-24(30-17-21)28-33-26(2,3)27(4,5)34-28/h8-17H,6-7,29H2,1-5H3,(H,31,32). The molecule has 0 unspecified atom stereocenters. The first-order valence-corrected chi connectivity index (χ1v) is 11.7. The van der Waals surface area contributed by atoms with Crippen molar-refractivity contribution in [1.29, 1.82) is 0 Å². The van der Waals surface area contributed by atoms with E-state index in [0.717, 1.165) is 29.6 Å². The number of benzene rings is 2. The molecule has 1 aromatic heterocycles. The lowest BCUT2D eigenvalue weighted by Gasteiger charge is -2.32. The zero-order valence-corrected chi connectivity index (χ0v) is 20.5. The Morgan fingerprint density at radius 1 is 0.971 bits per heavy atom. The van der Waals surface area contributed by atoms with Gasteiger partial charge in [-0.05, 0) is 75.6 Å². The summed E-state index contributed by atoms with van der Waals surface area (Å²) in [5.41, 5.74) is 10.7. The zero-order chi connectivity index (χ0) is 24.5. The Morgan fingerprint density at radius 2 is 1.62 bits per heavy atom. The predicted octanol–water partition coefficient (Wildman–Crippen LogP) is 4.83. The molecule has 3 aromatic rings. The Hall–Kier alpha value is -3.16.